The van der Waals surface area contributed by atoms with Crippen molar-refractivity contribution in [2.75, 3.05) is 31.5 Å². The summed E-state index contributed by atoms with van der Waals surface area (Å²) in [5.74, 6) is 0.0697. The molecule has 0 bridgehead atoms. The molecule has 0 radical (unpaired) electrons. The molecule has 21 heavy (non-hydrogen) atoms. The minimum atomic E-state index is -0.422. The zero-order chi connectivity index (χ0) is 14.8. The summed E-state index contributed by atoms with van der Waals surface area (Å²) in [5, 5.41) is 6.16. The Balaban J connectivity index is 1.55. The molecular weight excluding hydrogens is 337 g/mol. The zero-order valence-electron chi connectivity index (χ0n) is 11.7. The molecule has 0 aliphatic carbocycles. The fraction of sp³-hybridized carbons (Fsp3) is 0.533. The third-order valence-corrected chi connectivity index (χ3v) is 4.74. The number of carbonyl (C=O) groups excluding carboxylic acids is 1. The summed E-state index contributed by atoms with van der Waals surface area (Å²) < 4.78 is 14.4. The van der Waals surface area contributed by atoms with Gasteiger partial charge in [0.15, 0.2) is 0 Å². The first-order valence-electron chi connectivity index (χ1n) is 7.32. The normalized spacial score (nSPS) is 25.6. The molecule has 4 nitrogen and oxygen atoms in total. The van der Waals surface area contributed by atoms with Crippen LogP contribution >= 0.6 is 15.9 Å². The summed E-state index contributed by atoms with van der Waals surface area (Å²) in [6.07, 6.45) is 2.45. The van der Waals surface area contributed by atoms with E-state index in [2.05, 4.69) is 31.5 Å². The van der Waals surface area contributed by atoms with Gasteiger partial charge in [-0.25, -0.2) is 4.39 Å². The SMILES string of the molecule is O=C(CN1C[C@@H]2CCCN[C@@H]2C1)Nc1ccc(Br)cc1F. The van der Waals surface area contributed by atoms with Gasteiger partial charge in [0, 0.05) is 23.6 Å². The number of halogens is 2. The van der Waals surface area contributed by atoms with Crippen LogP contribution in [0, 0.1) is 11.7 Å². The predicted molar refractivity (Wildman–Crippen MR) is 83.7 cm³/mol. The fourth-order valence-corrected chi connectivity index (χ4v) is 3.58. The Morgan fingerprint density at radius 2 is 2.33 bits per heavy atom. The van der Waals surface area contributed by atoms with Gasteiger partial charge in [0.25, 0.3) is 0 Å². The summed E-state index contributed by atoms with van der Waals surface area (Å²) in [6.45, 7) is 3.25. The Morgan fingerprint density at radius 3 is 3.10 bits per heavy atom. The van der Waals surface area contributed by atoms with E-state index in [1.54, 1.807) is 12.1 Å². The summed E-state index contributed by atoms with van der Waals surface area (Å²) in [5.41, 5.74) is 0.234. The molecule has 2 fully saturated rings. The highest BCUT2D eigenvalue weighted by atomic mass is 79.9. The molecule has 0 unspecified atom stereocenters. The van der Waals surface area contributed by atoms with Crippen molar-refractivity contribution < 1.29 is 9.18 Å². The first-order chi connectivity index (χ1) is 10.1. The van der Waals surface area contributed by atoms with E-state index >= 15 is 0 Å². The van der Waals surface area contributed by atoms with E-state index in [4.69, 9.17) is 0 Å². The van der Waals surface area contributed by atoms with Crippen molar-refractivity contribution in [1.82, 2.24) is 10.2 Å². The van der Waals surface area contributed by atoms with Gasteiger partial charge in [-0.2, -0.15) is 0 Å². The highest BCUT2D eigenvalue weighted by Gasteiger charge is 2.34. The standard InChI is InChI=1S/C15H19BrFN3O/c16-11-3-4-13(12(17)6-11)19-15(21)9-20-7-10-2-1-5-18-14(10)8-20/h3-4,6,10,14,18H,1-2,5,7-9H2,(H,19,21)/t10-,14+/m0/s1. The second-order valence-electron chi connectivity index (χ2n) is 5.83. The minimum Gasteiger partial charge on any atom is -0.322 e. The Kier molecular flexibility index (Phi) is 4.57. The van der Waals surface area contributed by atoms with Crippen molar-refractivity contribution in [3.05, 3.63) is 28.5 Å². The summed E-state index contributed by atoms with van der Waals surface area (Å²) in [7, 11) is 0. The molecule has 0 aromatic heterocycles. The largest absolute Gasteiger partial charge is 0.322 e. The molecule has 2 saturated heterocycles. The van der Waals surface area contributed by atoms with Crippen molar-refractivity contribution in [3.8, 4) is 0 Å². The van der Waals surface area contributed by atoms with Gasteiger partial charge in [-0.3, -0.25) is 9.69 Å². The smallest absolute Gasteiger partial charge is 0.238 e. The second-order valence-corrected chi connectivity index (χ2v) is 6.75. The van der Waals surface area contributed by atoms with Gasteiger partial charge in [0.1, 0.15) is 5.82 Å². The van der Waals surface area contributed by atoms with Gasteiger partial charge < -0.3 is 10.6 Å². The molecule has 0 saturated carbocycles. The first-order valence-corrected chi connectivity index (χ1v) is 8.12. The molecule has 0 spiro atoms. The minimum absolute atomic E-state index is 0.158. The number of anilines is 1. The van der Waals surface area contributed by atoms with Crippen molar-refractivity contribution in [2.45, 2.75) is 18.9 Å². The van der Waals surface area contributed by atoms with Crippen LogP contribution in [0.2, 0.25) is 0 Å². The summed E-state index contributed by atoms with van der Waals surface area (Å²) in [4.78, 5) is 14.2. The zero-order valence-corrected chi connectivity index (χ0v) is 13.3. The number of hydrogen-bond donors (Lipinski definition) is 2. The van der Waals surface area contributed by atoms with Gasteiger partial charge >= 0.3 is 0 Å². The second kappa shape index (κ2) is 6.42. The van der Waals surface area contributed by atoms with Gasteiger partial charge in [0.2, 0.25) is 5.91 Å². The number of piperidine rings is 1. The number of rotatable bonds is 3. The van der Waals surface area contributed by atoms with Crippen LogP contribution in [0.1, 0.15) is 12.8 Å². The van der Waals surface area contributed by atoms with Crippen molar-refractivity contribution in [2.24, 2.45) is 5.92 Å². The third kappa shape index (κ3) is 3.62. The lowest BCUT2D eigenvalue weighted by Gasteiger charge is -2.24. The molecule has 1 aromatic rings. The van der Waals surface area contributed by atoms with E-state index in [-0.39, 0.29) is 11.6 Å². The van der Waals surface area contributed by atoms with Gasteiger partial charge in [-0.15, -0.1) is 0 Å². The number of nitrogens with zero attached hydrogens (tertiary/aromatic N) is 1. The van der Waals surface area contributed by atoms with Crippen LogP contribution in [0.5, 0.6) is 0 Å². The molecule has 2 heterocycles. The van der Waals surface area contributed by atoms with Gasteiger partial charge in [0.05, 0.1) is 12.2 Å². The topological polar surface area (TPSA) is 44.4 Å². The number of carbonyl (C=O) groups is 1. The lowest BCUT2D eigenvalue weighted by molar-refractivity contribution is -0.117. The maximum absolute atomic E-state index is 13.7. The van der Waals surface area contributed by atoms with E-state index in [1.807, 2.05) is 0 Å². The van der Waals surface area contributed by atoms with Crippen LogP contribution in [-0.4, -0.2) is 43.0 Å². The van der Waals surface area contributed by atoms with Gasteiger partial charge in [-0.05, 0) is 43.5 Å². The molecule has 1 aromatic carbocycles. The van der Waals surface area contributed by atoms with Gasteiger partial charge in [-0.1, -0.05) is 15.9 Å². The predicted octanol–water partition coefficient (Wildman–Crippen LogP) is 2.21. The molecule has 2 atom stereocenters. The Labute approximate surface area is 132 Å². The van der Waals surface area contributed by atoms with E-state index in [0.717, 1.165) is 19.6 Å². The molecule has 2 N–H and O–H groups in total. The Bertz CT molecular complexity index is 526. The fourth-order valence-electron chi connectivity index (χ4n) is 3.25. The highest BCUT2D eigenvalue weighted by Crippen LogP contribution is 2.25. The maximum atomic E-state index is 13.7. The molecule has 3 rings (SSSR count). The lowest BCUT2D eigenvalue weighted by Crippen LogP contribution is -2.41. The monoisotopic (exact) mass is 355 g/mol. The summed E-state index contributed by atoms with van der Waals surface area (Å²) in [6, 6.07) is 5.15. The van der Waals surface area contributed by atoms with Crippen LogP contribution in [0.3, 0.4) is 0 Å². The quantitative estimate of drug-likeness (QED) is 0.873. The van der Waals surface area contributed by atoms with Crippen LogP contribution in [0.4, 0.5) is 10.1 Å². The Hall–Kier alpha value is -0.980. The van der Waals surface area contributed by atoms with E-state index < -0.39 is 5.82 Å². The number of nitrogens with one attached hydrogen (secondary N) is 2. The molecule has 2 aliphatic heterocycles. The average molecular weight is 356 g/mol. The highest BCUT2D eigenvalue weighted by molar-refractivity contribution is 9.10. The van der Waals surface area contributed by atoms with Crippen LogP contribution in [-0.2, 0) is 4.79 Å². The maximum Gasteiger partial charge on any atom is 0.238 e. The van der Waals surface area contributed by atoms with Crippen molar-refractivity contribution >= 4 is 27.5 Å². The third-order valence-electron chi connectivity index (χ3n) is 4.25. The van der Waals surface area contributed by atoms with Crippen LogP contribution in [0.25, 0.3) is 0 Å². The van der Waals surface area contributed by atoms with E-state index in [1.165, 1.54) is 18.9 Å². The van der Waals surface area contributed by atoms with E-state index in [9.17, 15) is 9.18 Å². The molecule has 1 amide bonds. The summed E-state index contributed by atoms with van der Waals surface area (Å²) >= 11 is 3.20. The number of hydrogen-bond acceptors (Lipinski definition) is 3. The Morgan fingerprint density at radius 1 is 1.48 bits per heavy atom. The van der Waals surface area contributed by atoms with Crippen molar-refractivity contribution in [1.29, 1.82) is 0 Å². The van der Waals surface area contributed by atoms with Crippen molar-refractivity contribution in [3.63, 3.8) is 0 Å². The lowest BCUT2D eigenvalue weighted by atomic mass is 9.94. The van der Waals surface area contributed by atoms with Crippen LogP contribution < -0.4 is 10.6 Å². The van der Waals surface area contributed by atoms with Crippen LogP contribution in [0.15, 0.2) is 22.7 Å². The molecule has 114 valence electrons. The number of fused-ring (bicyclic) bond motifs is 1. The number of amides is 1. The molecule has 6 heteroatoms. The number of benzene rings is 1. The number of likely N-dealkylation sites (tertiary alicyclic amines) is 1. The molecular formula is C15H19BrFN3O. The first kappa shape index (κ1) is 14.9. The van der Waals surface area contributed by atoms with E-state index in [0.29, 0.717) is 23.0 Å². The average Bonchev–Trinajstić information content (AvgIpc) is 2.84. The molecule has 2 aliphatic rings.